The molecule has 2 rings (SSSR count). The van der Waals surface area contributed by atoms with Crippen LogP contribution in [0.3, 0.4) is 0 Å². The molecule has 98 valence electrons. The molecule has 2 fully saturated rings. The van der Waals surface area contributed by atoms with Gasteiger partial charge < -0.3 is 9.47 Å². The van der Waals surface area contributed by atoms with Crippen LogP contribution in [0.15, 0.2) is 0 Å². The Kier molecular flexibility index (Phi) is 4.99. The van der Waals surface area contributed by atoms with Gasteiger partial charge in [-0.1, -0.05) is 12.8 Å². The van der Waals surface area contributed by atoms with Crippen LogP contribution in [0.2, 0.25) is 0 Å². The molecular formula is C14H24O3. The predicted molar refractivity (Wildman–Crippen MR) is 66.0 cm³/mol. The van der Waals surface area contributed by atoms with E-state index in [1.165, 1.54) is 12.8 Å². The second kappa shape index (κ2) is 6.50. The van der Waals surface area contributed by atoms with Crippen LogP contribution in [0.1, 0.15) is 51.4 Å². The lowest BCUT2D eigenvalue weighted by Gasteiger charge is -2.28. The van der Waals surface area contributed by atoms with Gasteiger partial charge in [-0.3, -0.25) is 4.79 Å². The van der Waals surface area contributed by atoms with E-state index in [0.717, 1.165) is 38.5 Å². The van der Waals surface area contributed by atoms with Crippen LogP contribution in [-0.2, 0) is 14.3 Å². The molecule has 0 amide bonds. The smallest absolute Gasteiger partial charge is 0.161 e. The zero-order valence-electron chi connectivity index (χ0n) is 10.8. The number of carbonyl (C=O) groups is 1. The number of ether oxygens (including phenoxy) is 2. The number of hydrogen-bond acceptors (Lipinski definition) is 3. The molecule has 0 aromatic carbocycles. The van der Waals surface area contributed by atoms with Gasteiger partial charge in [0.1, 0.15) is 6.61 Å². The fraction of sp³-hybridized carbons (Fsp3) is 0.929. The predicted octanol–water partition coefficient (Wildman–Crippen LogP) is 2.72. The Morgan fingerprint density at radius 3 is 2.47 bits per heavy atom. The molecule has 0 aromatic heterocycles. The molecule has 0 saturated heterocycles. The molecule has 3 nitrogen and oxygen atoms in total. The summed E-state index contributed by atoms with van der Waals surface area (Å²) in [7, 11) is 1.76. The van der Waals surface area contributed by atoms with Crippen LogP contribution >= 0.6 is 0 Å². The monoisotopic (exact) mass is 240 g/mol. The van der Waals surface area contributed by atoms with Gasteiger partial charge in [0.25, 0.3) is 0 Å². The van der Waals surface area contributed by atoms with Gasteiger partial charge in [-0.15, -0.1) is 0 Å². The van der Waals surface area contributed by atoms with E-state index in [0.29, 0.717) is 18.5 Å². The van der Waals surface area contributed by atoms with Gasteiger partial charge in [0, 0.05) is 13.0 Å². The van der Waals surface area contributed by atoms with Gasteiger partial charge in [-0.25, -0.2) is 0 Å². The number of Topliss-reactive ketones (excluding diaryl/α,β-unsaturated/α-hetero) is 1. The zero-order valence-corrected chi connectivity index (χ0v) is 10.8. The highest BCUT2D eigenvalue weighted by atomic mass is 16.5. The summed E-state index contributed by atoms with van der Waals surface area (Å²) >= 11 is 0. The Bertz CT molecular complexity index is 246. The second-order valence-electron chi connectivity index (χ2n) is 5.41. The Morgan fingerprint density at radius 2 is 1.76 bits per heavy atom. The fourth-order valence-electron chi connectivity index (χ4n) is 3.03. The van der Waals surface area contributed by atoms with Crippen molar-refractivity contribution in [1.82, 2.24) is 0 Å². The summed E-state index contributed by atoms with van der Waals surface area (Å²) in [6.07, 6.45) is 9.47. The first-order valence-electron chi connectivity index (χ1n) is 6.96. The van der Waals surface area contributed by atoms with Gasteiger partial charge in [0.15, 0.2) is 5.78 Å². The molecule has 17 heavy (non-hydrogen) atoms. The van der Waals surface area contributed by atoms with Crippen molar-refractivity contribution < 1.29 is 14.3 Å². The summed E-state index contributed by atoms with van der Waals surface area (Å²) in [5.74, 6) is 0.610. The van der Waals surface area contributed by atoms with Gasteiger partial charge in [-0.2, -0.15) is 0 Å². The molecule has 0 N–H and O–H groups in total. The minimum atomic E-state index is 0.235. The molecule has 0 bridgehead atoms. The zero-order chi connectivity index (χ0) is 12.1. The van der Waals surface area contributed by atoms with Gasteiger partial charge in [0.05, 0.1) is 12.2 Å². The van der Waals surface area contributed by atoms with Crippen LogP contribution < -0.4 is 0 Å². The van der Waals surface area contributed by atoms with Gasteiger partial charge in [-0.05, 0) is 38.5 Å². The summed E-state index contributed by atoms with van der Waals surface area (Å²) in [4.78, 5) is 11.9. The van der Waals surface area contributed by atoms with E-state index >= 15 is 0 Å². The van der Waals surface area contributed by atoms with Gasteiger partial charge in [0.2, 0.25) is 0 Å². The van der Waals surface area contributed by atoms with E-state index in [9.17, 15) is 4.79 Å². The first-order chi connectivity index (χ1) is 8.29. The third-order valence-electron chi connectivity index (χ3n) is 4.18. The number of hydrogen-bond donors (Lipinski definition) is 0. The maximum absolute atomic E-state index is 11.9. The fourth-order valence-corrected chi connectivity index (χ4v) is 3.03. The minimum absolute atomic E-state index is 0.235. The van der Waals surface area contributed by atoms with Crippen molar-refractivity contribution in [1.29, 1.82) is 0 Å². The molecule has 2 unspecified atom stereocenters. The first kappa shape index (κ1) is 13.0. The Hall–Kier alpha value is -0.410. The SMILES string of the molecule is COC1CCCC(OCC(=O)C2CCCC2)C1. The summed E-state index contributed by atoms with van der Waals surface area (Å²) in [5, 5.41) is 0. The van der Waals surface area contributed by atoms with E-state index in [2.05, 4.69) is 0 Å². The van der Waals surface area contributed by atoms with E-state index < -0.39 is 0 Å². The van der Waals surface area contributed by atoms with Crippen LogP contribution in [0.4, 0.5) is 0 Å². The first-order valence-corrected chi connectivity index (χ1v) is 6.96. The number of ketones is 1. The molecule has 0 heterocycles. The molecule has 2 aliphatic rings. The number of methoxy groups -OCH3 is 1. The highest BCUT2D eigenvalue weighted by molar-refractivity contribution is 5.82. The Labute approximate surface area is 104 Å². The van der Waals surface area contributed by atoms with Crippen molar-refractivity contribution in [2.45, 2.75) is 63.6 Å². The molecule has 0 aromatic rings. The second-order valence-corrected chi connectivity index (χ2v) is 5.41. The third-order valence-corrected chi connectivity index (χ3v) is 4.18. The average molecular weight is 240 g/mol. The van der Waals surface area contributed by atoms with E-state index in [1.807, 2.05) is 0 Å². The summed E-state index contributed by atoms with van der Waals surface area (Å²) in [6.45, 7) is 0.325. The van der Waals surface area contributed by atoms with E-state index in [4.69, 9.17) is 9.47 Å². The van der Waals surface area contributed by atoms with Crippen molar-refractivity contribution in [2.24, 2.45) is 5.92 Å². The number of rotatable bonds is 5. The highest BCUT2D eigenvalue weighted by Crippen LogP contribution is 2.27. The standard InChI is InChI=1S/C14H24O3/c1-16-12-7-4-8-13(9-12)17-10-14(15)11-5-2-3-6-11/h11-13H,2-10H2,1H3. The van der Waals surface area contributed by atoms with Crippen LogP contribution in [0, 0.1) is 5.92 Å². The van der Waals surface area contributed by atoms with Crippen molar-refractivity contribution >= 4 is 5.78 Å². The minimum Gasteiger partial charge on any atom is -0.381 e. The summed E-state index contributed by atoms with van der Waals surface area (Å²) in [6, 6.07) is 0. The summed E-state index contributed by atoms with van der Waals surface area (Å²) < 4.78 is 11.1. The molecule has 2 saturated carbocycles. The molecule has 2 aliphatic carbocycles. The molecule has 0 radical (unpaired) electrons. The van der Waals surface area contributed by atoms with Crippen molar-refractivity contribution in [2.75, 3.05) is 13.7 Å². The number of carbonyl (C=O) groups excluding carboxylic acids is 1. The maximum Gasteiger partial charge on any atom is 0.161 e. The Balaban J connectivity index is 1.68. The third kappa shape index (κ3) is 3.78. The largest absolute Gasteiger partial charge is 0.381 e. The van der Waals surface area contributed by atoms with Crippen LogP contribution in [0.5, 0.6) is 0 Å². The van der Waals surface area contributed by atoms with Crippen molar-refractivity contribution in [3.05, 3.63) is 0 Å². The quantitative estimate of drug-likeness (QED) is 0.741. The van der Waals surface area contributed by atoms with E-state index in [-0.39, 0.29) is 12.0 Å². The summed E-state index contributed by atoms with van der Waals surface area (Å²) in [5.41, 5.74) is 0. The maximum atomic E-state index is 11.9. The molecule has 0 spiro atoms. The molecular weight excluding hydrogens is 216 g/mol. The van der Waals surface area contributed by atoms with Crippen molar-refractivity contribution in [3.8, 4) is 0 Å². The molecule has 3 heteroatoms. The lowest BCUT2D eigenvalue weighted by atomic mass is 9.95. The van der Waals surface area contributed by atoms with E-state index in [1.54, 1.807) is 7.11 Å². The van der Waals surface area contributed by atoms with Crippen molar-refractivity contribution in [3.63, 3.8) is 0 Å². The molecule has 0 aliphatic heterocycles. The van der Waals surface area contributed by atoms with Crippen LogP contribution in [0.25, 0.3) is 0 Å². The average Bonchev–Trinajstić information content (AvgIpc) is 2.90. The molecule has 2 atom stereocenters. The van der Waals surface area contributed by atoms with Gasteiger partial charge >= 0.3 is 0 Å². The highest BCUT2D eigenvalue weighted by Gasteiger charge is 2.26. The lowest BCUT2D eigenvalue weighted by Crippen LogP contribution is -2.30. The topological polar surface area (TPSA) is 35.5 Å². The Morgan fingerprint density at radius 1 is 1.06 bits per heavy atom. The normalized spacial score (nSPS) is 30.6. The lowest BCUT2D eigenvalue weighted by molar-refractivity contribution is -0.131. The van der Waals surface area contributed by atoms with Crippen LogP contribution in [-0.4, -0.2) is 31.7 Å².